The van der Waals surface area contributed by atoms with Crippen molar-refractivity contribution < 1.29 is 32.5 Å². The van der Waals surface area contributed by atoms with Gasteiger partial charge in [0.25, 0.3) is 10.0 Å². The molecule has 0 bridgehead atoms. The van der Waals surface area contributed by atoms with Gasteiger partial charge in [-0.1, -0.05) is 32.0 Å². The highest BCUT2D eigenvalue weighted by Crippen LogP contribution is 2.36. The lowest BCUT2D eigenvalue weighted by molar-refractivity contribution is -0.123. The van der Waals surface area contributed by atoms with Crippen molar-refractivity contribution in [3.8, 4) is 17.2 Å². The number of amides is 1. The van der Waals surface area contributed by atoms with Gasteiger partial charge >= 0.3 is 0 Å². The molecule has 10 nitrogen and oxygen atoms in total. The lowest BCUT2D eigenvalue weighted by Gasteiger charge is -2.20. The minimum absolute atomic E-state index is 0.0906. The number of carbonyl (C=O) groups excluding carboxylic acids is 1. The van der Waals surface area contributed by atoms with Crippen molar-refractivity contribution in [2.45, 2.75) is 30.9 Å². The number of carbonyl (C=O) groups is 1. The molecule has 3 N–H and O–H groups in total. The number of fused-ring (bicyclic) bond motifs is 1. The molecule has 11 heteroatoms. The van der Waals surface area contributed by atoms with Gasteiger partial charge in [0.15, 0.2) is 11.5 Å². The Bertz CT molecular complexity index is 1140. The summed E-state index contributed by atoms with van der Waals surface area (Å²) in [6.45, 7) is 3.39. The quantitative estimate of drug-likeness (QED) is 0.456. The topological polar surface area (TPSA) is 136 Å². The largest absolute Gasteiger partial charge is 0.493 e. The van der Waals surface area contributed by atoms with E-state index in [1.54, 1.807) is 50.2 Å². The van der Waals surface area contributed by atoms with Crippen LogP contribution in [0.5, 0.6) is 17.2 Å². The third-order valence-corrected chi connectivity index (χ3v) is 6.54. The van der Waals surface area contributed by atoms with E-state index in [0.717, 1.165) is 0 Å². The molecule has 1 aliphatic heterocycles. The molecule has 0 spiro atoms. The van der Waals surface area contributed by atoms with Crippen LogP contribution in [-0.4, -0.2) is 64.8 Å². The zero-order valence-electron chi connectivity index (χ0n) is 19.4. The highest BCUT2D eigenvalue weighted by atomic mass is 32.2. The van der Waals surface area contributed by atoms with Gasteiger partial charge in [-0.05, 0) is 30.2 Å². The zero-order chi connectivity index (χ0) is 24.9. The molecule has 3 rings (SSSR count). The molecule has 184 valence electrons. The number of para-hydroxylation sites is 1. The number of hydrogen-bond acceptors (Lipinski definition) is 8. The van der Waals surface area contributed by atoms with Gasteiger partial charge < -0.3 is 24.6 Å². The lowest BCUT2D eigenvalue weighted by Crippen LogP contribution is -2.42. The summed E-state index contributed by atoms with van der Waals surface area (Å²) in [5.41, 5.74) is 0.417. The van der Waals surface area contributed by atoms with E-state index in [0.29, 0.717) is 22.8 Å². The first-order chi connectivity index (χ1) is 16.2. The molecular weight excluding hydrogens is 462 g/mol. The molecule has 34 heavy (non-hydrogen) atoms. The Morgan fingerprint density at radius 2 is 1.74 bits per heavy atom. The van der Waals surface area contributed by atoms with Crippen LogP contribution in [0.2, 0.25) is 0 Å². The zero-order valence-corrected chi connectivity index (χ0v) is 20.3. The molecule has 1 unspecified atom stereocenters. The molecule has 0 saturated carbocycles. The van der Waals surface area contributed by atoms with Crippen molar-refractivity contribution in [3.05, 3.63) is 48.0 Å². The molecule has 2 aromatic rings. The van der Waals surface area contributed by atoms with Gasteiger partial charge in [0.2, 0.25) is 11.7 Å². The van der Waals surface area contributed by atoms with Crippen LogP contribution in [0.4, 0.5) is 0 Å². The molecule has 0 fully saturated rings. The van der Waals surface area contributed by atoms with Crippen LogP contribution in [0, 0.1) is 5.92 Å². The fourth-order valence-electron chi connectivity index (χ4n) is 3.40. The summed E-state index contributed by atoms with van der Waals surface area (Å²) in [4.78, 5) is 17.4. The molecule has 0 radical (unpaired) electrons. The van der Waals surface area contributed by atoms with Gasteiger partial charge in [-0.2, -0.15) is 0 Å². The predicted molar refractivity (Wildman–Crippen MR) is 126 cm³/mol. The number of nitrogens with zero attached hydrogens (tertiary/aromatic N) is 1. The number of ether oxygens (including phenoxy) is 3. The van der Waals surface area contributed by atoms with Gasteiger partial charge in [-0.25, -0.2) is 8.42 Å². The van der Waals surface area contributed by atoms with Crippen LogP contribution in [0.15, 0.2) is 52.4 Å². The monoisotopic (exact) mass is 491 g/mol. The van der Waals surface area contributed by atoms with E-state index in [9.17, 15) is 18.3 Å². The number of aliphatic hydroxyl groups excluding tert-OH is 1. The van der Waals surface area contributed by atoms with Gasteiger partial charge in [-0.3, -0.25) is 14.5 Å². The van der Waals surface area contributed by atoms with E-state index in [1.165, 1.54) is 20.3 Å². The Balaban J connectivity index is 1.65. The number of benzene rings is 2. The number of amidine groups is 1. The van der Waals surface area contributed by atoms with E-state index in [4.69, 9.17) is 14.2 Å². The first-order valence-corrected chi connectivity index (χ1v) is 12.2. The van der Waals surface area contributed by atoms with Gasteiger partial charge in [0.1, 0.15) is 24.6 Å². The van der Waals surface area contributed by atoms with Crippen LogP contribution in [0.3, 0.4) is 0 Å². The third-order valence-electron chi connectivity index (χ3n) is 5.15. The summed E-state index contributed by atoms with van der Waals surface area (Å²) >= 11 is 0. The molecule has 1 heterocycles. The van der Waals surface area contributed by atoms with E-state index in [1.807, 2.05) is 0 Å². The van der Waals surface area contributed by atoms with Crippen molar-refractivity contribution in [1.29, 1.82) is 0 Å². The second-order valence-corrected chi connectivity index (χ2v) is 9.62. The van der Waals surface area contributed by atoms with Crippen LogP contribution in [-0.2, 0) is 14.8 Å². The van der Waals surface area contributed by atoms with E-state index in [-0.39, 0.29) is 29.8 Å². The van der Waals surface area contributed by atoms with E-state index < -0.39 is 28.1 Å². The highest BCUT2D eigenvalue weighted by Gasteiger charge is 2.32. The SMILES string of the molecule is COc1cccc(OC)c1OCC(O)CNC(=O)[C@@H](N=C1NS(=O)(=O)c2ccccc21)C(C)C. The average Bonchev–Trinajstić information content (AvgIpc) is 3.08. The summed E-state index contributed by atoms with van der Waals surface area (Å²) in [5, 5.41) is 13.0. The number of aliphatic hydroxyl groups is 1. The van der Waals surface area contributed by atoms with Gasteiger partial charge in [-0.15, -0.1) is 0 Å². The van der Waals surface area contributed by atoms with Crippen LogP contribution in [0.1, 0.15) is 19.4 Å². The maximum atomic E-state index is 12.8. The summed E-state index contributed by atoms with van der Waals surface area (Å²) in [6.07, 6.45) is -1.02. The standard InChI is InChI=1S/C23H29N3O7S/c1-14(2)20(25-22-16-8-5-6-11-19(16)34(29,30)26-22)23(28)24-12-15(27)13-33-21-17(31-3)9-7-10-18(21)32-4/h5-11,14-15,20,27H,12-13H2,1-4H3,(H,24,28)(H,25,26)/t15?,20-/m0/s1. The van der Waals surface area contributed by atoms with Crippen molar-refractivity contribution in [1.82, 2.24) is 10.0 Å². The molecule has 2 aromatic carbocycles. The minimum atomic E-state index is -3.71. The van der Waals surface area contributed by atoms with Crippen molar-refractivity contribution in [2.24, 2.45) is 10.9 Å². The van der Waals surface area contributed by atoms with Crippen molar-refractivity contribution >= 4 is 21.8 Å². The normalized spacial score (nSPS) is 16.9. The first kappa shape index (κ1) is 25.3. The second kappa shape index (κ2) is 10.7. The van der Waals surface area contributed by atoms with Crippen molar-refractivity contribution in [2.75, 3.05) is 27.4 Å². The summed E-state index contributed by atoms with van der Waals surface area (Å²) in [5.74, 6) is 0.695. The average molecular weight is 492 g/mol. The number of methoxy groups -OCH3 is 2. The Kier molecular flexibility index (Phi) is 8.00. The number of nitrogens with one attached hydrogen (secondary N) is 2. The maximum Gasteiger partial charge on any atom is 0.263 e. The molecule has 1 aliphatic rings. The summed E-state index contributed by atoms with van der Waals surface area (Å²) < 4.78 is 43.2. The van der Waals surface area contributed by atoms with E-state index in [2.05, 4.69) is 15.0 Å². The maximum absolute atomic E-state index is 12.8. The first-order valence-electron chi connectivity index (χ1n) is 10.7. The smallest absolute Gasteiger partial charge is 0.263 e. The van der Waals surface area contributed by atoms with Gasteiger partial charge in [0.05, 0.1) is 19.1 Å². The van der Waals surface area contributed by atoms with Crippen LogP contribution >= 0.6 is 0 Å². The fourth-order valence-corrected chi connectivity index (χ4v) is 4.64. The van der Waals surface area contributed by atoms with Crippen LogP contribution in [0.25, 0.3) is 0 Å². The molecule has 0 aromatic heterocycles. The molecule has 0 saturated heterocycles. The lowest BCUT2D eigenvalue weighted by atomic mass is 10.0. The fraction of sp³-hybridized carbons (Fsp3) is 0.391. The summed E-state index contributed by atoms with van der Waals surface area (Å²) in [6, 6.07) is 10.7. The molecule has 1 amide bonds. The molecule has 0 aliphatic carbocycles. The van der Waals surface area contributed by atoms with E-state index >= 15 is 0 Å². The van der Waals surface area contributed by atoms with Crippen LogP contribution < -0.4 is 24.2 Å². The van der Waals surface area contributed by atoms with Gasteiger partial charge in [0, 0.05) is 12.1 Å². The number of hydrogen-bond donors (Lipinski definition) is 3. The summed E-state index contributed by atoms with van der Waals surface area (Å²) in [7, 11) is -0.723. The Hall–Kier alpha value is -3.31. The number of aliphatic imine (C=N–C) groups is 1. The predicted octanol–water partition coefficient (Wildman–Crippen LogP) is 1.32. The van der Waals surface area contributed by atoms with Crippen molar-refractivity contribution in [3.63, 3.8) is 0 Å². The minimum Gasteiger partial charge on any atom is -0.493 e. The Labute approximate surface area is 199 Å². The molecular formula is C23H29N3O7S. The highest BCUT2D eigenvalue weighted by molar-refractivity contribution is 7.90. The molecule has 2 atom stereocenters. The Morgan fingerprint density at radius 3 is 2.35 bits per heavy atom. The third kappa shape index (κ3) is 5.60. The number of sulfonamides is 1. The Morgan fingerprint density at radius 1 is 1.09 bits per heavy atom. The number of rotatable bonds is 10. The second-order valence-electron chi connectivity index (χ2n) is 7.97.